The molecule has 1 aromatic carbocycles. The summed E-state index contributed by atoms with van der Waals surface area (Å²) in [4.78, 5) is 13.6. The van der Waals surface area contributed by atoms with E-state index in [1.165, 1.54) is 25.7 Å². The van der Waals surface area contributed by atoms with Crippen LogP contribution in [0.1, 0.15) is 55.5 Å². The molecule has 0 aromatic heterocycles. The van der Waals surface area contributed by atoms with E-state index in [9.17, 15) is 4.79 Å². The first kappa shape index (κ1) is 20.4. The number of carbonyl (C=O) groups excluding carboxylic acids is 1. The van der Waals surface area contributed by atoms with E-state index < -0.39 is 0 Å². The van der Waals surface area contributed by atoms with Gasteiger partial charge in [-0.15, -0.1) is 0 Å². The lowest BCUT2D eigenvalue weighted by Crippen LogP contribution is -2.39. The lowest BCUT2D eigenvalue weighted by molar-refractivity contribution is 0.0963. The van der Waals surface area contributed by atoms with Crippen LogP contribution in [0, 0.1) is 5.92 Å². The van der Waals surface area contributed by atoms with Gasteiger partial charge in [0.2, 0.25) is 0 Å². The van der Waals surface area contributed by atoms with Gasteiger partial charge in [0.1, 0.15) is 0 Å². The molecule has 4 nitrogen and oxygen atoms in total. The summed E-state index contributed by atoms with van der Waals surface area (Å²) in [5.74, 6) is 0.618. The zero-order valence-electron chi connectivity index (χ0n) is 15.4. The van der Waals surface area contributed by atoms with Crippen molar-refractivity contribution in [3.05, 3.63) is 35.4 Å². The summed E-state index contributed by atoms with van der Waals surface area (Å²) in [6.07, 6.45) is 4.96. The predicted octanol–water partition coefficient (Wildman–Crippen LogP) is 3.57. The highest BCUT2D eigenvalue weighted by Gasteiger charge is 2.10. The molecule has 1 atom stereocenters. The smallest absolute Gasteiger partial charge is 0.251 e. The van der Waals surface area contributed by atoms with Crippen molar-refractivity contribution < 1.29 is 4.79 Å². The third-order valence-corrected chi connectivity index (χ3v) is 4.75. The molecule has 0 saturated heterocycles. The number of unbranched alkanes of at least 4 members (excludes halogenated alkanes) is 1. The summed E-state index contributed by atoms with van der Waals surface area (Å²) in [6.45, 7) is 6.14. The number of hydrogen-bond acceptors (Lipinski definition) is 2. The first-order valence-corrected chi connectivity index (χ1v) is 9.22. The van der Waals surface area contributed by atoms with E-state index in [2.05, 4.69) is 24.5 Å². The van der Waals surface area contributed by atoms with E-state index >= 15 is 0 Å². The number of nitrogens with zero attached hydrogens (tertiary/aromatic N) is 1. The highest BCUT2D eigenvalue weighted by Crippen LogP contribution is 2.12. The van der Waals surface area contributed by atoms with Crippen molar-refractivity contribution in [1.29, 1.82) is 0 Å². The predicted molar refractivity (Wildman–Crippen MR) is 105 cm³/mol. The average molecular weight is 350 g/mol. The van der Waals surface area contributed by atoms with Gasteiger partial charge >= 0.3 is 0 Å². The van der Waals surface area contributed by atoms with Gasteiger partial charge in [-0.05, 0) is 42.3 Å². The molecular formula is C19H31N3OS. The minimum Gasteiger partial charge on any atom is -0.362 e. The normalized spacial score (nSPS) is 11.7. The van der Waals surface area contributed by atoms with Gasteiger partial charge < -0.3 is 15.5 Å². The summed E-state index contributed by atoms with van der Waals surface area (Å²) < 4.78 is 0. The number of hydrogen-bond donors (Lipinski definition) is 2. The highest BCUT2D eigenvalue weighted by atomic mass is 32.1. The van der Waals surface area contributed by atoms with Crippen LogP contribution in [0.25, 0.3) is 0 Å². The molecule has 0 aliphatic rings. The summed E-state index contributed by atoms with van der Waals surface area (Å²) in [5, 5.41) is 6.80. The van der Waals surface area contributed by atoms with Crippen LogP contribution in [-0.4, -0.2) is 36.6 Å². The molecule has 134 valence electrons. The molecule has 5 heteroatoms. The topological polar surface area (TPSA) is 44.4 Å². The van der Waals surface area contributed by atoms with Gasteiger partial charge in [-0.3, -0.25) is 4.79 Å². The van der Waals surface area contributed by atoms with Crippen molar-refractivity contribution in [3.8, 4) is 0 Å². The molecule has 0 saturated carbocycles. The van der Waals surface area contributed by atoms with Crippen LogP contribution in [0.2, 0.25) is 0 Å². The minimum absolute atomic E-state index is 0.0650. The molecule has 0 spiro atoms. The molecule has 1 aromatic rings. The average Bonchev–Trinajstić information content (AvgIpc) is 2.61. The maximum Gasteiger partial charge on any atom is 0.251 e. The molecule has 0 aliphatic heterocycles. The van der Waals surface area contributed by atoms with Gasteiger partial charge in [0.15, 0.2) is 5.11 Å². The van der Waals surface area contributed by atoms with E-state index in [-0.39, 0.29) is 5.91 Å². The summed E-state index contributed by atoms with van der Waals surface area (Å²) in [6, 6.07) is 7.63. The Morgan fingerprint density at radius 1 is 1.25 bits per heavy atom. The third-order valence-electron chi connectivity index (χ3n) is 4.29. The molecule has 1 rings (SSSR count). The number of carbonyl (C=O) groups is 1. The van der Waals surface area contributed by atoms with Crippen LogP contribution >= 0.6 is 12.2 Å². The van der Waals surface area contributed by atoms with E-state index in [0.29, 0.717) is 11.5 Å². The zero-order valence-corrected chi connectivity index (χ0v) is 16.2. The monoisotopic (exact) mass is 349 g/mol. The maximum absolute atomic E-state index is 11.6. The Labute approximate surface area is 152 Å². The summed E-state index contributed by atoms with van der Waals surface area (Å²) in [7, 11) is 3.63. The molecular weight excluding hydrogens is 318 g/mol. The molecule has 1 amide bonds. The Balaban J connectivity index is 2.47. The number of amides is 1. The SMILES string of the molecule is CCCC[C@H](CC)CNC(=S)N(C)Cc1ccc(C(=O)NC)cc1. The fourth-order valence-electron chi connectivity index (χ4n) is 2.56. The second-order valence-corrected chi connectivity index (χ2v) is 6.62. The van der Waals surface area contributed by atoms with Crippen LogP contribution in [0.15, 0.2) is 24.3 Å². The molecule has 0 radical (unpaired) electrons. The Morgan fingerprint density at radius 3 is 2.46 bits per heavy atom. The van der Waals surface area contributed by atoms with Crippen molar-refractivity contribution in [2.45, 2.75) is 46.1 Å². The fourth-order valence-corrected chi connectivity index (χ4v) is 2.71. The second kappa shape index (κ2) is 11.0. The zero-order chi connectivity index (χ0) is 17.9. The van der Waals surface area contributed by atoms with E-state index in [1.807, 2.05) is 36.2 Å². The van der Waals surface area contributed by atoms with Gasteiger partial charge in [0, 0.05) is 32.7 Å². The standard InChI is InChI=1S/C19H31N3OS/c1-5-7-8-15(6-2)13-21-19(24)22(4)14-16-9-11-17(12-10-16)18(23)20-3/h9-12,15H,5-8,13-14H2,1-4H3,(H,20,23)(H,21,24)/t15-/m0/s1. The van der Waals surface area contributed by atoms with Crippen molar-refractivity contribution in [3.63, 3.8) is 0 Å². The van der Waals surface area contributed by atoms with Gasteiger partial charge in [-0.25, -0.2) is 0 Å². The maximum atomic E-state index is 11.6. The minimum atomic E-state index is -0.0650. The molecule has 0 bridgehead atoms. The number of thiocarbonyl (C=S) groups is 1. The summed E-state index contributed by atoms with van der Waals surface area (Å²) >= 11 is 5.49. The molecule has 0 fully saturated rings. The van der Waals surface area contributed by atoms with Crippen LogP contribution in [-0.2, 0) is 6.54 Å². The molecule has 0 unspecified atom stereocenters. The Bertz CT molecular complexity index is 516. The van der Waals surface area contributed by atoms with E-state index in [4.69, 9.17) is 12.2 Å². The molecule has 0 heterocycles. The first-order valence-electron chi connectivity index (χ1n) is 8.81. The first-order chi connectivity index (χ1) is 11.5. The van der Waals surface area contributed by atoms with Crippen LogP contribution in [0.5, 0.6) is 0 Å². The molecule has 24 heavy (non-hydrogen) atoms. The van der Waals surface area contributed by atoms with Crippen LogP contribution in [0.3, 0.4) is 0 Å². The van der Waals surface area contributed by atoms with Gasteiger partial charge in [-0.1, -0.05) is 45.2 Å². The highest BCUT2D eigenvalue weighted by molar-refractivity contribution is 7.80. The van der Waals surface area contributed by atoms with Crippen molar-refractivity contribution in [2.24, 2.45) is 5.92 Å². The third kappa shape index (κ3) is 6.87. The van der Waals surface area contributed by atoms with Crippen molar-refractivity contribution in [1.82, 2.24) is 15.5 Å². The van der Waals surface area contributed by atoms with E-state index in [1.54, 1.807) is 7.05 Å². The number of rotatable bonds is 9. The Kier molecular flexibility index (Phi) is 9.38. The number of benzene rings is 1. The van der Waals surface area contributed by atoms with Crippen LogP contribution < -0.4 is 10.6 Å². The molecule has 2 N–H and O–H groups in total. The fraction of sp³-hybridized carbons (Fsp3) is 0.579. The molecule has 0 aliphatic carbocycles. The van der Waals surface area contributed by atoms with Crippen molar-refractivity contribution in [2.75, 3.05) is 20.6 Å². The number of nitrogens with one attached hydrogen (secondary N) is 2. The van der Waals surface area contributed by atoms with Crippen molar-refractivity contribution >= 4 is 23.2 Å². The lowest BCUT2D eigenvalue weighted by atomic mass is 9.99. The van der Waals surface area contributed by atoms with Gasteiger partial charge in [0.05, 0.1) is 0 Å². The van der Waals surface area contributed by atoms with Gasteiger partial charge in [-0.2, -0.15) is 0 Å². The van der Waals surface area contributed by atoms with E-state index in [0.717, 1.165) is 23.8 Å². The van der Waals surface area contributed by atoms with Gasteiger partial charge in [0.25, 0.3) is 5.91 Å². The lowest BCUT2D eigenvalue weighted by Gasteiger charge is -2.23. The quantitative estimate of drug-likeness (QED) is 0.669. The largest absolute Gasteiger partial charge is 0.362 e. The second-order valence-electron chi connectivity index (χ2n) is 6.23. The Morgan fingerprint density at radius 2 is 1.92 bits per heavy atom. The van der Waals surface area contributed by atoms with Crippen LogP contribution in [0.4, 0.5) is 0 Å². The Hall–Kier alpha value is -1.62. The summed E-state index contributed by atoms with van der Waals surface area (Å²) in [5.41, 5.74) is 1.80.